The van der Waals surface area contributed by atoms with Gasteiger partial charge in [-0.15, -0.1) is 0 Å². The Balaban J connectivity index is 3.73. The Hall–Kier alpha value is -0.160. The molecule has 0 atom stereocenters. The summed E-state index contributed by atoms with van der Waals surface area (Å²) in [6, 6.07) is 0. The number of hydrogen-bond acceptors (Lipinski definition) is 4. The van der Waals surface area contributed by atoms with E-state index in [1.807, 2.05) is 19.0 Å². The molecule has 0 fully saturated rings. The number of hydrogen-bond donors (Lipinski definition) is 2. The van der Waals surface area contributed by atoms with E-state index in [2.05, 4.69) is 0 Å². The van der Waals surface area contributed by atoms with Crippen LogP contribution in [0.1, 0.15) is 6.42 Å². The quantitative estimate of drug-likeness (QED) is 0.528. The van der Waals surface area contributed by atoms with E-state index in [0.29, 0.717) is 13.0 Å². The second-order valence-electron chi connectivity index (χ2n) is 3.22. The fraction of sp³-hybridized carbons (Fsp3) is 1.00. The minimum Gasteiger partial charge on any atom is -0.353 e. The van der Waals surface area contributed by atoms with Crippen molar-refractivity contribution in [2.45, 2.75) is 12.3 Å². The highest BCUT2D eigenvalue weighted by molar-refractivity contribution is 4.61. The molecule has 4 nitrogen and oxygen atoms in total. The average Bonchev–Trinajstić information content (AvgIpc) is 1.84. The van der Waals surface area contributed by atoms with E-state index >= 15 is 0 Å². The Morgan fingerprint density at radius 2 is 1.55 bits per heavy atom. The lowest BCUT2D eigenvalue weighted by atomic mass is 10.3. The number of rotatable bonds is 4. The molecule has 68 valence electrons. The van der Waals surface area contributed by atoms with Gasteiger partial charge in [0, 0.05) is 13.0 Å². The van der Waals surface area contributed by atoms with Gasteiger partial charge in [-0.2, -0.15) is 0 Å². The Morgan fingerprint density at radius 1 is 1.09 bits per heavy atom. The summed E-state index contributed by atoms with van der Waals surface area (Å²) in [5.41, 5.74) is 0. The van der Waals surface area contributed by atoms with Crippen LogP contribution < -0.4 is 0 Å². The van der Waals surface area contributed by atoms with Crippen LogP contribution in [0.3, 0.4) is 0 Å². The third kappa shape index (κ3) is 4.31. The molecular formula is C7H18N2O2. The van der Waals surface area contributed by atoms with Gasteiger partial charge in [0.05, 0.1) is 0 Å². The Kier molecular flexibility index (Phi) is 3.96. The first-order valence-corrected chi connectivity index (χ1v) is 3.63. The van der Waals surface area contributed by atoms with Gasteiger partial charge in [0.1, 0.15) is 0 Å². The van der Waals surface area contributed by atoms with E-state index in [4.69, 9.17) is 0 Å². The van der Waals surface area contributed by atoms with Crippen LogP contribution in [0.5, 0.6) is 0 Å². The van der Waals surface area contributed by atoms with E-state index in [1.54, 1.807) is 14.1 Å². The van der Waals surface area contributed by atoms with E-state index in [1.165, 1.54) is 4.90 Å². The van der Waals surface area contributed by atoms with Gasteiger partial charge >= 0.3 is 0 Å². The zero-order chi connectivity index (χ0) is 9.07. The fourth-order valence-corrected chi connectivity index (χ4v) is 0.597. The van der Waals surface area contributed by atoms with Crippen molar-refractivity contribution < 1.29 is 10.2 Å². The van der Waals surface area contributed by atoms with Crippen molar-refractivity contribution in [1.29, 1.82) is 0 Å². The third-order valence-electron chi connectivity index (χ3n) is 1.61. The molecule has 4 heteroatoms. The van der Waals surface area contributed by atoms with E-state index in [0.717, 1.165) is 0 Å². The van der Waals surface area contributed by atoms with Gasteiger partial charge in [0.2, 0.25) is 5.91 Å². The molecule has 0 aromatic rings. The molecule has 11 heavy (non-hydrogen) atoms. The van der Waals surface area contributed by atoms with E-state index < -0.39 is 5.91 Å². The standard InChI is InChI=1S/C7H18N2O2/c1-8(2)6-5-7(10,11)9(3)4/h10-11H,5-6H2,1-4H3. The summed E-state index contributed by atoms with van der Waals surface area (Å²) in [5, 5.41) is 18.6. The molecule has 2 N–H and O–H groups in total. The molecule has 0 rings (SSSR count). The topological polar surface area (TPSA) is 46.9 Å². The predicted octanol–water partition coefficient (Wildman–Crippen LogP) is -0.862. The van der Waals surface area contributed by atoms with Gasteiger partial charge in [0.25, 0.3) is 0 Å². The lowest BCUT2D eigenvalue weighted by molar-refractivity contribution is -0.253. The number of aliphatic hydroxyl groups is 2. The van der Waals surface area contributed by atoms with Gasteiger partial charge in [-0.1, -0.05) is 0 Å². The summed E-state index contributed by atoms with van der Waals surface area (Å²) < 4.78 is 0. The van der Waals surface area contributed by atoms with Gasteiger partial charge < -0.3 is 15.1 Å². The minimum atomic E-state index is -1.68. The molecule has 0 spiro atoms. The van der Waals surface area contributed by atoms with Crippen LogP contribution in [0.15, 0.2) is 0 Å². The highest BCUT2D eigenvalue weighted by Gasteiger charge is 2.25. The van der Waals surface area contributed by atoms with Gasteiger partial charge in [0.15, 0.2) is 0 Å². The molecule has 0 saturated heterocycles. The first kappa shape index (κ1) is 10.8. The molecule has 0 bridgehead atoms. The maximum atomic E-state index is 9.30. The molecular weight excluding hydrogens is 144 g/mol. The molecule has 0 radical (unpaired) electrons. The van der Waals surface area contributed by atoms with Crippen LogP contribution in [0.2, 0.25) is 0 Å². The van der Waals surface area contributed by atoms with Crippen LogP contribution in [0.25, 0.3) is 0 Å². The predicted molar refractivity (Wildman–Crippen MR) is 44.0 cm³/mol. The molecule has 0 heterocycles. The van der Waals surface area contributed by atoms with Crippen LogP contribution >= 0.6 is 0 Å². The molecule has 0 aromatic heterocycles. The smallest absolute Gasteiger partial charge is 0.225 e. The summed E-state index contributed by atoms with van der Waals surface area (Å²) in [6.07, 6.45) is 0.326. The Bertz CT molecular complexity index is 113. The lowest BCUT2D eigenvalue weighted by Crippen LogP contribution is -2.45. The number of nitrogens with zero attached hydrogens (tertiary/aromatic N) is 2. The second-order valence-corrected chi connectivity index (χ2v) is 3.22. The monoisotopic (exact) mass is 162 g/mol. The Morgan fingerprint density at radius 3 is 1.82 bits per heavy atom. The van der Waals surface area contributed by atoms with Gasteiger partial charge in [-0.25, -0.2) is 0 Å². The van der Waals surface area contributed by atoms with Gasteiger partial charge in [-0.3, -0.25) is 4.90 Å². The molecule has 0 saturated carbocycles. The van der Waals surface area contributed by atoms with Crippen molar-refractivity contribution in [3.8, 4) is 0 Å². The largest absolute Gasteiger partial charge is 0.353 e. The Labute approximate surface area is 68.0 Å². The molecule has 0 aliphatic rings. The summed E-state index contributed by atoms with van der Waals surface area (Å²) in [5.74, 6) is -1.68. The van der Waals surface area contributed by atoms with Crippen LogP contribution in [0, 0.1) is 0 Å². The molecule has 0 aromatic carbocycles. The summed E-state index contributed by atoms with van der Waals surface area (Å²) in [6.45, 7) is 0.658. The van der Waals surface area contributed by atoms with Crippen molar-refractivity contribution in [1.82, 2.24) is 9.80 Å². The second kappa shape index (κ2) is 4.01. The van der Waals surface area contributed by atoms with Crippen molar-refractivity contribution in [2.75, 3.05) is 34.7 Å². The minimum absolute atomic E-state index is 0.326. The van der Waals surface area contributed by atoms with Crippen molar-refractivity contribution in [2.24, 2.45) is 0 Å². The van der Waals surface area contributed by atoms with Crippen molar-refractivity contribution in [3.05, 3.63) is 0 Å². The zero-order valence-corrected chi connectivity index (χ0v) is 7.70. The summed E-state index contributed by atoms with van der Waals surface area (Å²) in [7, 11) is 7.06. The lowest BCUT2D eigenvalue weighted by Gasteiger charge is -2.29. The first-order valence-electron chi connectivity index (χ1n) is 3.63. The molecule has 0 aliphatic heterocycles. The third-order valence-corrected chi connectivity index (χ3v) is 1.61. The summed E-state index contributed by atoms with van der Waals surface area (Å²) >= 11 is 0. The molecule has 0 unspecified atom stereocenters. The van der Waals surface area contributed by atoms with Crippen molar-refractivity contribution in [3.63, 3.8) is 0 Å². The van der Waals surface area contributed by atoms with E-state index in [9.17, 15) is 10.2 Å². The normalized spacial score (nSPS) is 13.1. The van der Waals surface area contributed by atoms with Gasteiger partial charge in [-0.05, 0) is 28.2 Å². The maximum Gasteiger partial charge on any atom is 0.225 e. The SMILES string of the molecule is CN(C)CCC(O)(O)N(C)C. The average molecular weight is 162 g/mol. The van der Waals surface area contributed by atoms with Crippen LogP contribution in [-0.2, 0) is 0 Å². The molecule has 0 aliphatic carbocycles. The highest BCUT2D eigenvalue weighted by Crippen LogP contribution is 2.08. The van der Waals surface area contributed by atoms with Crippen LogP contribution in [-0.4, -0.2) is 60.7 Å². The zero-order valence-electron chi connectivity index (χ0n) is 7.70. The molecule has 0 amide bonds. The first-order chi connectivity index (χ1) is 4.86. The van der Waals surface area contributed by atoms with Crippen molar-refractivity contribution >= 4 is 0 Å². The fourth-order valence-electron chi connectivity index (χ4n) is 0.597. The maximum absolute atomic E-state index is 9.30. The van der Waals surface area contributed by atoms with E-state index in [-0.39, 0.29) is 0 Å². The summed E-state index contributed by atoms with van der Waals surface area (Å²) in [4.78, 5) is 3.29. The highest BCUT2D eigenvalue weighted by atomic mass is 16.5. The van der Waals surface area contributed by atoms with Crippen LogP contribution in [0.4, 0.5) is 0 Å².